The molecule has 0 bridgehead atoms. The minimum Gasteiger partial charge on any atom is -0.396 e. The molecule has 5 N–H and O–H groups in total. The smallest absolute Gasteiger partial charge is 0.396 e. The molecule has 1 unspecified atom stereocenters. The zero-order valence-corrected chi connectivity index (χ0v) is 14.5. The molecule has 11 nitrogen and oxygen atoms in total. The van der Waals surface area contributed by atoms with Gasteiger partial charge in [-0.2, -0.15) is 4.57 Å². The van der Waals surface area contributed by atoms with Gasteiger partial charge >= 0.3 is 7.75 Å². The second-order valence-electron chi connectivity index (χ2n) is 5.66. The summed E-state index contributed by atoms with van der Waals surface area (Å²) >= 11 is 0. The number of hydrogen-bond donors (Lipinski definition) is 4. The molecule has 3 rings (SSSR count). The maximum Gasteiger partial charge on any atom is 0.610 e. The fourth-order valence-corrected chi connectivity index (χ4v) is 3.39. The highest BCUT2D eigenvalue weighted by Gasteiger charge is 2.46. The van der Waals surface area contributed by atoms with Crippen molar-refractivity contribution in [2.24, 2.45) is 5.73 Å². The van der Waals surface area contributed by atoms with E-state index in [0.717, 1.165) is 4.34 Å². The van der Waals surface area contributed by atoms with Crippen molar-refractivity contribution in [3.05, 3.63) is 49.3 Å². The number of nitrogens with two attached hydrogens (primary N) is 1. The normalized spacial score (nSPS) is 28.0. The summed E-state index contributed by atoms with van der Waals surface area (Å²) in [6, 6.07) is 4.82. The minimum atomic E-state index is -4.16. The first-order valence-electron chi connectivity index (χ1n) is 7.61. The lowest BCUT2D eigenvalue weighted by Crippen LogP contribution is -2.36. The quantitative estimate of drug-likeness (QED) is 0.448. The lowest BCUT2D eigenvalue weighted by Gasteiger charge is -2.14. The number of hydrogen-bond acceptors (Lipinski definition) is 8. The summed E-state index contributed by atoms with van der Waals surface area (Å²) in [6.45, 7) is 3.08. The van der Waals surface area contributed by atoms with Gasteiger partial charge in [0.05, 0.1) is 12.3 Å². The Labute approximate surface area is 148 Å². The Bertz CT molecular complexity index is 830. The van der Waals surface area contributed by atoms with Gasteiger partial charge < -0.3 is 20.7 Å². The summed E-state index contributed by atoms with van der Waals surface area (Å²) in [5, 5.41) is 24.3. The summed E-state index contributed by atoms with van der Waals surface area (Å²) in [4.78, 5) is 13.9. The van der Waals surface area contributed by atoms with Crippen molar-refractivity contribution in [3.8, 4) is 0 Å². The van der Waals surface area contributed by atoms with Gasteiger partial charge in [0.2, 0.25) is 0 Å². The lowest BCUT2D eigenvalue weighted by molar-refractivity contribution is -0.540. The predicted molar refractivity (Wildman–Crippen MR) is 87.0 cm³/mol. The summed E-state index contributed by atoms with van der Waals surface area (Å²) < 4.78 is 25.0. The van der Waals surface area contributed by atoms with Crippen LogP contribution in [0.3, 0.4) is 0 Å². The molecule has 0 radical (unpaired) electrons. The van der Waals surface area contributed by atoms with Crippen molar-refractivity contribution in [1.29, 1.82) is 0 Å². The summed E-state index contributed by atoms with van der Waals surface area (Å²) in [7, 11) is -4.16. The van der Waals surface area contributed by atoms with E-state index in [-0.39, 0.29) is 11.5 Å². The van der Waals surface area contributed by atoms with E-state index in [1.165, 1.54) is 23.4 Å². The molecule has 1 aliphatic rings. The fourth-order valence-electron chi connectivity index (χ4n) is 2.43. The van der Waals surface area contributed by atoms with Crippen LogP contribution in [0.2, 0.25) is 0 Å². The van der Waals surface area contributed by atoms with E-state index in [1.54, 1.807) is 18.2 Å². The van der Waals surface area contributed by atoms with E-state index in [9.17, 15) is 19.7 Å². The third-order valence-electron chi connectivity index (χ3n) is 3.79. The average Bonchev–Trinajstić information content (AvgIpc) is 3.21. The van der Waals surface area contributed by atoms with Crippen molar-refractivity contribution in [1.82, 2.24) is 14.8 Å². The van der Waals surface area contributed by atoms with Crippen LogP contribution in [0.25, 0.3) is 5.70 Å². The van der Waals surface area contributed by atoms with Crippen LogP contribution in [0, 0.1) is 0 Å². The molecule has 5 atom stereocenters. The van der Waals surface area contributed by atoms with Crippen LogP contribution in [0.5, 0.6) is 0 Å². The monoisotopic (exact) mass is 384 g/mol. The molecule has 1 aliphatic heterocycles. The van der Waals surface area contributed by atoms with Gasteiger partial charge in [-0.15, -0.1) is 9.44 Å². The molecule has 1 fully saturated rings. The molecule has 1 saturated heterocycles. The van der Waals surface area contributed by atoms with Gasteiger partial charge in [0.1, 0.15) is 24.6 Å². The van der Waals surface area contributed by atoms with Crippen molar-refractivity contribution in [2.45, 2.75) is 24.5 Å². The Morgan fingerprint density at radius 3 is 2.69 bits per heavy atom. The highest BCUT2D eigenvalue weighted by Crippen LogP contribution is 2.38. The average molecular weight is 384 g/mol. The van der Waals surface area contributed by atoms with Crippen LogP contribution in [0.4, 0.5) is 0 Å². The molecule has 0 aliphatic carbocycles. The molecule has 0 amide bonds. The standard InChI is InChI=1S/C14H18N5O6P/c1-9(15)13-16-8-19(17-13)14-12(21)11(20)10(25-14)7-24-26(22,23)18-5-3-2-4-6-18/h2-6,8,10-12,14,20-21H,1,7,15H2/p+1/t10-,11-,12-,14-/m1/s1. The first-order valence-corrected chi connectivity index (χ1v) is 9.14. The number of nitrogens with zero attached hydrogens (tertiary/aromatic N) is 4. The number of rotatable bonds is 6. The van der Waals surface area contributed by atoms with Crippen molar-refractivity contribution in [2.75, 3.05) is 6.61 Å². The largest absolute Gasteiger partial charge is 0.610 e. The second-order valence-corrected chi connectivity index (χ2v) is 7.36. The molecule has 2 aromatic heterocycles. The Kier molecular flexibility index (Phi) is 5.19. The van der Waals surface area contributed by atoms with Gasteiger partial charge in [0, 0.05) is 12.1 Å². The van der Waals surface area contributed by atoms with E-state index in [0.29, 0.717) is 0 Å². The van der Waals surface area contributed by atoms with Crippen LogP contribution >= 0.6 is 7.75 Å². The van der Waals surface area contributed by atoms with Gasteiger partial charge in [0.25, 0.3) is 0 Å². The van der Waals surface area contributed by atoms with Gasteiger partial charge in [-0.25, -0.2) is 9.67 Å². The van der Waals surface area contributed by atoms with E-state index in [1.807, 2.05) is 0 Å². The Balaban J connectivity index is 1.68. The van der Waals surface area contributed by atoms with E-state index >= 15 is 0 Å². The zero-order valence-electron chi connectivity index (χ0n) is 13.6. The minimum absolute atomic E-state index is 0.137. The second kappa shape index (κ2) is 7.23. The van der Waals surface area contributed by atoms with E-state index < -0.39 is 38.9 Å². The third kappa shape index (κ3) is 3.68. The Hall–Kier alpha value is -2.14. The lowest BCUT2D eigenvalue weighted by atomic mass is 10.1. The van der Waals surface area contributed by atoms with Crippen LogP contribution in [-0.2, 0) is 13.8 Å². The highest BCUT2D eigenvalue weighted by molar-refractivity contribution is 7.45. The SMILES string of the molecule is C=C(N)c1ncn([C@@H]2O[C@H](COP(=O)(O)[n+]3ccccc3)[C@@H](O)[C@H]2O)n1. The Morgan fingerprint density at radius 1 is 1.38 bits per heavy atom. The number of ether oxygens (including phenoxy) is 1. The number of pyridine rings is 1. The van der Waals surface area contributed by atoms with Crippen molar-refractivity contribution >= 4 is 13.4 Å². The van der Waals surface area contributed by atoms with Crippen LogP contribution in [-0.4, -0.2) is 54.8 Å². The summed E-state index contributed by atoms with van der Waals surface area (Å²) in [6.07, 6.45) is -0.771. The molecule has 2 aromatic rings. The van der Waals surface area contributed by atoms with Gasteiger partial charge in [-0.05, 0) is 0 Å². The zero-order chi connectivity index (χ0) is 18.9. The number of aliphatic hydroxyl groups is 2. The van der Waals surface area contributed by atoms with Crippen LogP contribution in [0.15, 0.2) is 43.5 Å². The van der Waals surface area contributed by atoms with E-state index in [4.69, 9.17) is 15.0 Å². The fraction of sp³-hybridized carbons (Fsp3) is 0.357. The molecule has 0 spiro atoms. The molecule has 140 valence electrons. The number of aromatic nitrogens is 4. The molecule has 0 aromatic carbocycles. The molecular weight excluding hydrogens is 365 g/mol. The summed E-state index contributed by atoms with van der Waals surface area (Å²) in [5.74, 6) is 0.162. The molecular formula is C14H19N5O6P+. The summed E-state index contributed by atoms with van der Waals surface area (Å²) in [5.41, 5.74) is 5.64. The topological polar surface area (TPSA) is 157 Å². The van der Waals surface area contributed by atoms with Gasteiger partial charge in [-0.3, -0.25) is 9.42 Å². The van der Waals surface area contributed by atoms with Gasteiger partial charge in [0.15, 0.2) is 24.4 Å². The predicted octanol–water partition coefficient (Wildman–Crippen LogP) is -1.22. The van der Waals surface area contributed by atoms with Crippen LogP contribution < -0.4 is 10.1 Å². The van der Waals surface area contributed by atoms with E-state index in [2.05, 4.69) is 16.7 Å². The molecule has 3 heterocycles. The first kappa shape index (κ1) is 18.6. The molecule has 26 heavy (non-hydrogen) atoms. The maximum absolute atomic E-state index is 12.2. The Morgan fingerprint density at radius 2 is 2.08 bits per heavy atom. The first-order chi connectivity index (χ1) is 12.3. The molecule has 12 heteroatoms. The van der Waals surface area contributed by atoms with Crippen molar-refractivity contribution < 1.29 is 33.3 Å². The molecule has 0 saturated carbocycles. The van der Waals surface area contributed by atoms with Crippen molar-refractivity contribution in [3.63, 3.8) is 0 Å². The van der Waals surface area contributed by atoms with Gasteiger partial charge in [-0.1, -0.05) is 12.6 Å². The third-order valence-corrected chi connectivity index (χ3v) is 5.13. The highest BCUT2D eigenvalue weighted by atomic mass is 31.2. The maximum atomic E-state index is 12.2. The van der Waals surface area contributed by atoms with Crippen LogP contribution in [0.1, 0.15) is 12.1 Å². The number of aliphatic hydroxyl groups excluding tert-OH is 2.